The molecular weight excluding hydrogens is 442 g/mol. The van der Waals surface area contributed by atoms with E-state index < -0.39 is 10.0 Å². The Bertz CT molecular complexity index is 1320. The lowest BCUT2D eigenvalue weighted by molar-refractivity contribution is -0.117. The first-order valence-corrected chi connectivity index (χ1v) is 11.9. The lowest BCUT2D eigenvalue weighted by Gasteiger charge is -2.09. The van der Waals surface area contributed by atoms with E-state index in [4.69, 9.17) is 4.52 Å². The molecule has 0 atom stereocenters. The van der Waals surface area contributed by atoms with Crippen molar-refractivity contribution in [1.82, 2.24) is 5.16 Å². The molecule has 1 fully saturated rings. The Kier molecular flexibility index (Phi) is 6.15. The molecule has 0 unspecified atom stereocenters. The number of anilines is 2. The van der Waals surface area contributed by atoms with Crippen LogP contribution in [-0.2, 0) is 14.8 Å². The number of nitrogens with zero attached hydrogens (tertiary/aromatic N) is 1. The summed E-state index contributed by atoms with van der Waals surface area (Å²) in [4.78, 5) is 23.5. The normalized spacial score (nSPS) is 13.8. The summed E-state index contributed by atoms with van der Waals surface area (Å²) in [6.45, 7) is 3.20. The highest BCUT2D eigenvalue weighted by atomic mass is 32.2. The van der Waals surface area contributed by atoms with Crippen LogP contribution in [-0.4, -0.2) is 25.3 Å². The number of amides is 1. The molecule has 1 saturated carbocycles. The highest BCUT2D eigenvalue weighted by Gasteiger charge is 2.30. The van der Waals surface area contributed by atoms with Crippen molar-refractivity contribution in [2.75, 3.05) is 10.0 Å². The Labute approximate surface area is 191 Å². The zero-order valence-electron chi connectivity index (χ0n) is 18.2. The molecule has 1 aromatic heterocycles. The second-order valence-corrected chi connectivity index (χ2v) is 9.59. The maximum atomic E-state index is 12.7. The third-order valence-electron chi connectivity index (χ3n) is 5.25. The van der Waals surface area contributed by atoms with Gasteiger partial charge in [0.05, 0.1) is 4.90 Å². The van der Waals surface area contributed by atoms with E-state index in [0.29, 0.717) is 28.4 Å². The average molecular weight is 466 g/mol. The summed E-state index contributed by atoms with van der Waals surface area (Å²) in [6.07, 6.45) is 5.22. The monoisotopic (exact) mass is 465 g/mol. The van der Waals surface area contributed by atoms with E-state index in [2.05, 4.69) is 15.2 Å². The second-order valence-electron chi connectivity index (χ2n) is 7.91. The second kappa shape index (κ2) is 9.03. The van der Waals surface area contributed by atoms with Crippen LogP contribution in [0.3, 0.4) is 0 Å². The van der Waals surface area contributed by atoms with Crippen molar-refractivity contribution < 1.29 is 22.5 Å². The molecule has 0 saturated heterocycles. The first-order chi connectivity index (χ1) is 15.7. The number of hydrogen-bond donors (Lipinski definition) is 2. The molecule has 0 radical (unpaired) electrons. The van der Waals surface area contributed by atoms with Crippen LogP contribution in [0.5, 0.6) is 0 Å². The molecule has 0 bridgehead atoms. The van der Waals surface area contributed by atoms with E-state index in [1.807, 2.05) is 0 Å². The van der Waals surface area contributed by atoms with Crippen molar-refractivity contribution in [3.8, 4) is 0 Å². The highest BCUT2D eigenvalue weighted by Crippen LogP contribution is 2.32. The Balaban J connectivity index is 1.45. The number of rotatable bonds is 8. The summed E-state index contributed by atoms with van der Waals surface area (Å²) in [7, 11) is -3.78. The quantitative estimate of drug-likeness (QED) is 0.473. The minimum atomic E-state index is -3.78. The third kappa shape index (κ3) is 5.38. The molecule has 1 aliphatic carbocycles. The first kappa shape index (κ1) is 22.5. The smallest absolute Gasteiger partial charge is 0.261 e. The fourth-order valence-electron chi connectivity index (χ4n) is 3.14. The predicted molar refractivity (Wildman–Crippen MR) is 125 cm³/mol. The summed E-state index contributed by atoms with van der Waals surface area (Å²) >= 11 is 0. The number of nitrogens with one attached hydrogen (secondary N) is 2. The summed E-state index contributed by atoms with van der Waals surface area (Å²) in [5, 5.41) is 6.78. The molecule has 0 aliphatic heterocycles. The molecule has 2 N–H and O–H groups in total. The first-order valence-electron chi connectivity index (χ1n) is 10.4. The van der Waals surface area contributed by atoms with Crippen molar-refractivity contribution >= 4 is 45.2 Å². The van der Waals surface area contributed by atoms with E-state index in [-0.39, 0.29) is 22.5 Å². The zero-order valence-corrected chi connectivity index (χ0v) is 19.0. The van der Waals surface area contributed by atoms with E-state index in [1.165, 1.54) is 19.1 Å². The van der Waals surface area contributed by atoms with E-state index in [1.54, 1.807) is 55.5 Å². The molecule has 170 valence electrons. The van der Waals surface area contributed by atoms with Gasteiger partial charge in [-0.2, -0.15) is 0 Å². The van der Waals surface area contributed by atoms with Gasteiger partial charge in [0.1, 0.15) is 11.4 Å². The van der Waals surface area contributed by atoms with Gasteiger partial charge in [-0.1, -0.05) is 23.4 Å². The molecule has 3 aromatic rings. The van der Waals surface area contributed by atoms with E-state index in [0.717, 1.165) is 18.4 Å². The maximum absolute atomic E-state index is 12.7. The van der Waals surface area contributed by atoms with Crippen LogP contribution in [0.2, 0.25) is 0 Å². The summed E-state index contributed by atoms with van der Waals surface area (Å²) in [5.41, 5.74) is 2.75. The minimum absolute atomic E-state index is 0.0334. The van der Waals surface area contributed by atoms with E-state index in [9.17, 15) is 18.0 Å². The highest BCUT2D eigenvalue weighted by molar-refractivity contribution is 7.92. The third-order valence-corrected chi connectivity index (χ3v) is 6.64. The number of aromatic nitrogens is 1. The van der Waals surface area contributed by atoms with Crippen molar-refractivity contribution in [2.24, 2.45) is 5.92 Å². The Hall–Kier alpha value is -3.72. The Morgan fingerprint density at radius 2 is 1.70 bits per heavy atom. The summed E-state index contributed by atoms with van der Waals surface area (Å²) < 4.78 is 33.1. The number of carbonyl (C=O) groups is 2. The number of ketones is 1. The molecular formula is C24H23N3O5S. The SMILES string of the molecule is CC(=O)c1ccc(NS(=O)(=O)c2ccc(/C=C\c3onc(C)c3NC(=O)C3CC3)cc2)cc1. The lowest BCUT2D eigenvalue weighted by Crippen LogP contribution is -2.14. The number of aryl methyl sites for hydroxylation is 1. The van der Waals surface area contributed by atoms with Crippen LogP contribution < -0.4 is 10.0 Å². The number of Topliss-reactive ketones (excluding diaryl/α,β-unsaturated/α-hetero) is 1. The van der Waals surface area contributed by atoms with Crippen molar-refractivity contribution in [2.45, 2.75) is 31.6 Å². The van der Waals surface area contributed by atoms with Gasteiger partial charge in [0.25, 0.3) is 10.0 Å². The lowest BCUT2D eigenvalue weighted by atomic mass is 10.1. The maximum Gasteiger partial charge on any atom is 0.261 e. The van der Waals surface area contributed by atoms with Gasteiger partial charge < -0.3 is 9.84 Å². The zero-order chi connectivity index (χ0) is 23.6. The standard InChI is InChI=1S/C24H23N3O5S/c1-15-23(25-24(29)19-6-7-19)22(32-26-15)14-5-17-3-12-21(13-4-17)33(30,31)27-20-10-8-18(9-11-20)16(2)28/h3-5,8-14,19,27H,6-7H2,1-2H3,(H,25,29)/b14-5-. The molecule has 4 rings (SSSR count). The van der Waals surface area contributed by atoms with Gasteiger partial charge in [0.15, 0.2) is 11.5 Å². The largest absolute Gasteiger partial charge is 0.354 e. The van der Waals surface area contributed by atoms with Gasteiger partial charge in [-0.15, -0.1) is 0 Å². The van der Waals surface area contributed by atoms with Gasteiger partial charge in [0, 0.05) is 17.2 Å². The molecule has 0 spiro atoms. The van der Waals surface area contributed by atoms with Crippen molar-refractivity contribution in [3.05, 3.63) is 71.1 Å². The van der Waals surface area contributed by atoms with Crippen molar-refractivity contribution in [3.63, 3.8) is 0 Å². The van der Waals surface area contributed by atoms with Gasteiger partial charge in [-0.3, -0.25) is 14.3 Å². The van der Waals surface area contributed by atoms with Gasteiger partial charge in [-0.05, 0) is 74.7 Å². The van der Waals surface area contributed by atoms with Crippen LogP contribution in [0.15, 0.2) is 57.9 Å². The Morgan fingerprint density at radius 3 is 2.30 bits per heavy atom. The number of hydrogen-bond acceptors (Lipinski definition) is 6. The Morgan fingerprint density at radius 1 is 1.03 bits per heavy atom. The summed E-state index contributed by atoms with van der Waals surface area (Å²) in [6, 6.07) is 12.5. The van der Waals surface area contributed by atoms with Crippen LogP contribution in [0.4, 0.5) is 11.4 Å². The topological polar surface area (TPSA) is 118 Å². The van der Waals surface area contributed by atoms with Crippen molar-refractivity contribution in [1.29, 1.82) is 0 Å². The van der Waals surface area contributed by atoms with Crippen LogP contribution >= 0.6 is 0 Å². The number of carbonyl (C=O) groups excluding carboxylic acids is 2. The minimum Gasteiger partial charge on any atom is -0.354 e. The number of sulfonamides is 1. The molecule has 1 aliphatic rings. The van der Waals surface area contributed by atoms with E-state index >= 15 is 0 Å². The van der Waals surface area contributed by atoms with Gasteiger partial charge in [-0.25, -0.2) is 8.42 Å². The molecule has 8 nitrogen and oxygen atoms in total. The van der Waals surface area contributed by atoms with Gasteiger partial charge in [0.2, 0.25) is 5.91 Å². The predicted octanol–water partition coefficient (Wildman–Crippen LogP) is 4.51. The van der Waals surface area contributed by atoms with Crippen LogP contribution in [0.25, 0.3) is 12.2 Å². The fourth-order valence-corrected chi connectivity index (χ4v) is 4.20. The summed E-state index contributed by atoms with van der Waals surface area (Å²) in [5.74, 6) is 0.361. The van der Waals surface area contributed by atoms with Crippen LogP contribution in [0, 0.1) is 12.8 Å². The van der Waals surface area contributed by atoms with Gasteiger partial charge >= 0.3 is 0 Å². The number of benzene rings is 2. The molecule has 1 amide bonds. The molecule has 9 heteroatoms. The van der Waals surface area contributed by atoms with Crippen LogP contribution in [0.1, 0.15) is 47.1 Å². The molecule has 33 heavy (non-hydrogen) atoms. The molecule has 2 aromatic carbocycles. The average Bonchev–Trinajstić information content (AvgIpc) is 3.58. The molecule has 1 heterocycles. The fraction of sp³-hybridized carbons (Fsp3) is 0.208.